The normalized spacial score (nSPS) is 46.5. The van der Waals surface area contributed by atoms with E-state index in [4.69, 9.17) is 0 Å². The summed E-state index contributed by atoms with van der Waals surface area (Å²) in [6.45, 7) is 5.05. The van der Waals surface area contributed by atoms with Gasteiger partial charge in [0.2, 0.25) is 5.91 Å². The van der Waals surface area contributed by atoms with Gasteiger partial charge in [-0.05, 0) is 23.7 Å². The van der Waals surface area contributed by atoms with Crippen molar-refractivity contribution in [1.82, 2.24) is 4.90 Å². The highest BCUT2D eigenvalue weighted by Crippen LogP contribution is 2.68. The van der Waals surface area contributed by atoms with Gasteiger partial charge < -0.3 is 4.90 Å². The van der Waals surface area contributed by atoms with E-state index >= 15 is 0 Å². The van der Waals surface area contributed by atoms with Crippen LogP contribution in [0.1, 0.15) is 26.7 Å². The molecule has 3 rings (SSSR count). The summed E-state index contributed by atoms with van der Waals surface area (Å²) in [6.07, 6.45) is 1.66. The largest absolute Gasteiger partial charge is 0.345 e. The molecule has 2 saturated carbocycles. The fourth-order valence-electron chi connectivity index (χ4n) is 4.21. The van der Waals surface area contributed by atoms with Gasteiger partial charge in [-0.2, -0.15) is 0 Å². The average molecular weight is 207 g/mol. The number of carbonyl (C=O) groups excluding carboxylic acids is 2. The molecule has 3 heteroatoms. The number of rotatable bonds is 0. The van der Waals surface area contributed by atoms with E-state index < -0.39 is 5.41 Å². The highest BCUT2D eigenvalue weighted by atomic mass is 16.2. The van der Waals surface area contributed by atoms with Crippen molar-refractivity contribution in [3.8, 4) is 0 Å². The summed E-state index contributed by atoms with van der Waals surface area (Å²) >= 11 is 0. The average Bonchev–Trinajstić information content (AvgIpc) is 2.34. The summed E-state index contributed by atoms with van der Waals surface area (Å²) < 4.78 is 0. The van der Waals surface area contributed by atoms with E-state index in [1.54, 1.807) is 4.90 Å². The first-order chi connectivity index (χ1) is 6.90. The van der Waals surface area contributed by atoms with E-state index in [0.29, 0.717) is 18.3 Å². The molecule has 0 bridgehead atoms. The van der Waals surface area contributed by atoms with Crippen molar-refractivity contribution in [1.29, 1.82) is 0 Å². The molecule has 1 spiro atoms. The quantitative estimate of drug-likeness (QED) is 0.557. The summed E-state index contributed by atoms with van der Waals surface area (Å²) in [5, 5.41) is 0. The molecular formula is C12H17NO2. The molecule has 3 fully saturated rings. The Bertz CT molecular complexity index is 374. The molecule has 3 atom stereocenters. The SMILES string of the molecule is CN1C[C@H]2C[C@@H]3C(C)(C)CC(=O)[C@]23C1=O. The molecular weight excluding hydrogens is 190 g/mol. The Balaban J connectivity index is 2.10. The molecule has 82 valence electrons. The Morgan fingerprint density at radius 2 is 2.00 bits per heavy atom. The molecule has 0 aromatic rings. The van der Waals surface area contributed by atoms with Crippen LogP contribution in [0.15, 0.2) is 0 Å². The maximum atomic E-state index is 12.2. The van der Waals surface area contributed by atoms with Crippen LogP contribution in [0.4, 0.5) is 0 Å². The molecule has 3 nitrogen and oxygen atoms in total. The predicted molar refractivity (Wildman–Crippen MR) is 55.1 cm³/mol. The van der Waals surface area contributed by atoms with Crippen molar-refractivity contribution in [2.45, 2.75) is 26.7 Å². The van der Waals surface area contributed by atoms with Crippen molar-refractivity contribution in [2.75, 3.05) is 13.6 Å². The number of nitrogens with zero attached hydrogens (tertiary/aromatic N) is 1. The van der Waals surface area contributed by atoms with Crippen LogP contribution >= 0.6 is 0 Å². The van der Waals surface area contributed by atoms with Gasteiger partial charge in [0, 0.05) is 20.0 Å². The van der Waals surface area contributed by atoms with Crippen LogP contribution in [-0.4, -0.2) is 30.2 Å². The van der Waals surface area contributed by atoms with Gasteiger partial charge in [0.25, 0.3) is 0 Å². The molecule has 3 aliphatic rings. The van der Waals surface area contributed by atoms with Gasteiger partial charge in [-0.25, -0.2) is 0 Å². The molecule has 1 aliphatic heterocycles. The Kier molecular flexibility index (Phi) is 1.42. The first-order valence-electron chi connectivity index (χ1n) is 5.69. The van der Waals surface area contributed by atoms with Crippen molar-refractivity contribution in [3.05, 3.63) is 0 Å². The van der Waals surface area contributed by atoms with Crippen molar-refractivity contribution in [3.63, 3.8) is 0 Å². The topological polar surface area (TPSA) is 37.4 Å². The third-order valence-electron chi connectivity index (χ3n) is 4.93. The lowest BCUT2D eigenvalue weighted by Gasteiger charge is -2.48. The number of ketones is 1. The second-order valence-electron chi connectivity index (χ2n) is 6.13. The summed E-state index contributed by atoms with van der Waals surface area (Å²) in [6, 6.07) is 0. The molecule has 1 heterocycles. The minimum atomic E-state index is -0.585. The number of hydrogen-bond acceptors (Lipinski definition) is 2. The van der Waals surface area contributed by atoms with Crippen LogP contribution in [-0.2, 0) is 9.59 Å². The third-order valence-corrected chi connectivity index (χ3v) is 4.93. The standard InChI is InChI=1S/C12H17NO2/c1-11(2)5-9(14)12-7(4-8(11)12)6-13(3)10(12)15/h7-8H,4-6H2,1-3H3/t7-,8-,12+/m1/s1. The van der Waals surface area contributed by atoms with Gasteiger partial charge >= 0.3 is 0 Å². The molecule has 0 aromatic carbocycles. The van der Waals surface area contributed by atoms with Gasteiger partial charge in [0.1, 0.15) is 11.2 Å². The Morgan fingerprint density at radius 1 is 1.33 bits per heavy atom. The fourth-order valence-corrected chi connectivity index (χ4v) is 4.21. The summed E-state index contributed by atoms with van der Waals surface area (Å²) in [5.74, 6) is 0.927. The molecule has 15 heavy (non-hydrogen) atoms. The molecule has 0 N–H and O–H groups in total. The maximum absolute atomic E-state index is 12.2. The summed E-state index contributed by atoms with van der Waals surface area (Å²) in [4.78, 5) is 26.1. The van der Waals surface area contributed by atoms with Gasteiger partial charge in [-0.1, -0.05) is 13.8 Å². The molecule has 0 unspecified atom stereocenters. The zero-order chi connectivity index (χ0) is 11.0. The van der Waals surface area contributed by atoms with Crippen molar-refractivity contribution < 1.29 is 9.59 Å². The minimum absolute atomic E-state index is 0.0361. The molecule has 1 amide bonds. The van der Waals surface area contributed by atoms with Gasteiger partial charge in [-0.3, -0.25) is 9.59 Å². The Morgan fingerprint density at radius 3 is 2.53 bits per heavy atom. The first-order valence-corrected chi connectivity index (χ1v) is 5.69. The fraction of sp³-hybridized carbons (Fsp3) is 0.833. The Hall–Kier alpha value is -0.860. The lowest BCUT2D eigenvalue weighted by atomic mass is 9.51. The van der Waals surface area contributed by atoms with E-state index in [9.17, 15) is 9.59 Å². The van der Waals surface area contributed by atoms with Crippen molar-refractivity contribution in [2.24, 2.45) is 22.7 Å². The van der Waals surface area contributed by atoms with Crippen LogP contribution in [0.2, 0.25) is 0 Å². The van der Waals surface area contributed by atoms with E-state index in [-0.39, 0.29) is 17.1 Å². The van der Waals surface area contributed by atoms with Gasteiger partial charge in [0.05, 0.1) is 0 Å². The van der Waals surface area contributed by atoms with E-state index in [0.717, 1.165) is 13.0 Å². The van der Waals surface area contributed by atoms with Gasteiger partial charge in [-0.15, -0.1) is 0 Å². The summed E-state index contributed by atoms with van der Waals surface area (Å²) in [7, 11) is 1.82. The van der Waals surface area contributed by atoms with Crippen LogP contribution in [0.3, 0.4) is 0 Å². The number of Topliss-reactive ketones (excluding diaryl/α,β-unsaturated/α-hetero) is 1. The smallest absolute Gasteiger partial charge is 0.236 e. The molecule has 0 radical (unpaired) electrons. The lowest BCUT2D eigenvalue weighted by molar-refractivity contribution is -0.154. The second-order valence-corrected chi connectivity index (χ2v) is 6.13. The maximum Gasteiger partial charge on any atom is 0.236 e. The monoisotopic (exact) mass is 207 g/mol. The molecule has 2 aliphatic carbocycles. The highest BCUT2D eigenvalue weighted by molar-refractivity contribution is 6.11. The van der Waals surface area contributed by atoms with Crippen molar-refractivity contribution >= 4 is 11.7 Å². The lowest BCUT2D eigenvalue weighted by Crippen LogP contribution is -2.54. The van der Waals surface area contributed by atoms with E-state index in [1.807, 2.05) is 7.05 Å². The van der Waals surface area contributed by atoms with Crippen LogP contribution in [0.25, 0.3) is 0 Å². The zero-order valence-corrected chi connectivity index (χ0v) is 9.54. The molecule has 0 aromatic heterocycles. The zero-order valence-electron chi connectivity index (χ0n) is 9.54. The first kappa shape index (κ1) is 9.37. The second kappa shape index (κ2) is 2.28. The highest BCUT2D eigenvalue weighted by Gasteiger charge is 2.75. The minimum Gasteiger partial charge on any atom is -0.345 e. The van der Waals surface area contributed by atoms with E-state index in [1.165, 1.54) is 0 Å². The summed E-state index contributed by atoms with van der Waals surface area (Å²) in [5.41, 5.74) is -0.549. The van der Waals surface area contributed by atoms with Gasteiger partial charge in [0.15, 0.2) is 0 Å². The van der Waals surface area contributed by atoms with Crippen LogP contribution < -0.4 is 0 Å². The number of amides is 1. The Labute approximate surface area is 89.8 Å². The number of likely N-dealkylation sites (tertiary alicyclic amines) is 1. The van der Waals surface area contributed by atoms with E-state index in [2.05, 4.69) is 13.8 Å². The molecule has 1 saturated heterocycles. The third kappa shape index (κ3) is 0.766. The number of hydrogen-bond donors (Lipinski definition) is 0. The van der Waals surface area contributed by atoms with Crippen LogP contribution in [0.5, 0.6) is 0 Å². The predicted octanol–water partition coefficient (Wildman–Crippen LogP) is 1.08. The number of carbonyl (C=O) groups is 2. The van der Waals surface area contributed by atoms with Crippen LogP contribution in [0, 0.1) is 22.7 Å².